The summed E-state index contributed by atoms with van der Waals surface area (Å²) in [4.78, 5) is 24.4. The number of hydrogen-bond acceptors (Lipinski definition) is 3. The minimum atomic E-state index is -0.967. The van der Waals surface area contributed by atoms with E-state index in [-0.39, 0.29) is 6.54 Å². The van der Waals surface area contributed by atoms with Gasteiger partial charge in [0.25, 0.3) is 0 Å². The fourth-order valence-electron chi connectivity index (χ4n) is 2.60. The van der Waals surface area contributed by atoms with E-state index in [0.717, 1.165) is 5.56 Å². The lowest BCUT2D eigenvalue weighted by atomic mass is 9.92. The summed E-state index contributed by atoms with van der Waals surface area (Å²) in [6, 6.07) is 16.1. The number of benzene rings is 2. The number of nitriles is 1. The summed E-state index contributed by atoms with van der Waals surface area (Å²) in [5.74, 6) is -2.15. The highest BCUT2D eigenvalue weighted by molar-refractivity contribution is 6.31. The number of carboxylic acids is 1. The van der Waals surface area contributed by atoms with Crippen LogP contribution in [0.3, 0.4) is 0 Å². The number of urea groups is 1. The number of carbonyl (C=O) groups excluding carboxylic acids is 1. The minimum Gasteiger partial charge on any atom is -0.481 e. The van der Waals surface area contributed by atoms with Crippen molar-refractivity contribution in [3.63, 3.8) is 0 Å². The monoisotopic (exact) mass is 385 g/mol. The normalized spacial score (nSPS) is 12.5. The van der Waals surface area contributed by atoms with Gasteiger partial charge >= 0.3 is 12.0 Å². The molecule has 0 spiro atoms. The number of halogens is 1. The number of anilines is 1. The number of rotatable bonds is 6. The number of carbonyl (C=O) groups is 2. The highest BCUT2D eigenvalue weighted by Crippen LogP contribution is 2.31. The molecule has 2 aromatic rings. The molecule has 0 aliphatic rings. The molecule has 0 saturated heterocycles. The molecule has 0 fully saturated rings. The Balaban J connectivity index is 2.13. The number of hydrogen-bond donors (Lipinski definition) is 2. The Morgan fingerprint density at radius 1 is 1.26 bits per heavy atom. The first kappa shape index (κ1) is 20.3. The first-order chi connectivity index (χ1) is 12.8. The summed E-state index contributed by atoms with van der Waals surface area (Å²) >= 11 is 6.35. The number of nitrogens with one attached hydrogen (secondary N) is 1. The van der Waals surface area contributed by atoms with E-state index in [1.165, 1.54) is 18.9 Å². The average molecular weight is 386 g/mol. The molecular formula is C20H20ClN3O3. The third-order valence-electron chi connectivity index (χ3n) is 4.14. The van der Waals surface area contributed by atoms with Gasteiger partial charge in [-0.15, -0.1) is 0 Å². The van der Waals surface area contributed by atoms with Gasteiger partial charge in [-0.2, -0.15) is 5.26 Å². The quantitative estimate of drug-likeness (QED) is 0.779. The summed E-state index contributed by atoms with van der Waals surface area (Å²) in [6.45, 7) is 1.61. The SMILES string of the molecule is CC(CN(C)C(=O)Nc1ccc(C(C#N)c2ccccc2)c(Cl)c1)C(=O)O. The highest BCUT2D eigenvalue weighted by Gasteiger charge is 2.19. The van der Waals surface area contributed by atoms with E-state index >= 15 is 0 Å². The Morgan fingerprint density at radius 3 is 2.48 bits per heavy atom. The van der Waals surface area contributed by atoms with Gasteiger partial charge in [-0.25, -0.2) is 4.79 Å². The van der Waals surface area contributed by atoms with Crippen molar-refractivity contribution in [1.82, 2.24) is 4.90 Å². The van der Waals surface area contributed by atoms with Crippen LogP contribution in [0.25, 0.3) is 0 Å². The lowest BCUT2D eigenvalue weighted by Crippen LogP contribution is -2.36. The molecule has 0 aliphatic carbocycles. The van der Waals surface area contributed by atoms with Gasteiger partial charge in [0.1, 0.15) is 0 Å². The maximum Gasteiger partial charge on any atom is 0.321 e. The lowest BCUT2D eigenvalue weighted by molar-refractivity contribution is -0.141. The van der Waals surface area contributed by atoms with Gasteiger partial charge in [0.2, 0.25) is 0 Å². The van der Waals surface area contributed by atoms with Crippen LogP contribution in [0.5, 0.6) is 0 Å². The molecule has 140 valence electrons. The van der Waals surface area contributed by atoms with Gasteiger partial charge in [0.05, 0.1) is 17.9 Å². The average Bonchev–Trinajstić information content (AvgIpc) is 2.64. The third kappa shape index (κ3) is 5.22. The minimum absolute atomic E-state index is 0.0808. The largest absolute Gasteiger partial charge is 0.481 e. The summed E-state index contributed by atoms with van der Waals surface area (Å²) in [5, 5.41) is 21.5. The predicted octanol–water partition coefficient (Wildman–Crippen LogP) is 4.18. The van der Waals surface area contributed by atoms with Gasteiger partial charge in [0, 0.05) is 24.3 Å². The molecule has 2 N–H and O–H groups in total. The van der Waals surface area contributed by atoms with E-state index in [2.05, 4.69) is 11.4 Å². The Bertz CT molecular complexity index is 865. The second kappa shape index (κ2) is 9.06. The summed E-state index contributed by atoms with van der Waals surface area (Å²) in [7, 11) is 1.52. The summed E-state index contributed by atoms with van der Waals surface area (Å²) in [5.41, 5.74) is 1.95. The number of carboxylic acid groups (broad SMARTS) is 1. The Morgan fingerprint density at radius 2 is 1.93 bits per heavy atom. The molecule has 2 rings (SSSR count). The Kier molecular flexibility index (Phi) is 6.80. The molecule has 2 aromatic carbocycles. The maximum atomic E-state index is 12.2. The van der Waals surface area contributed by atoms with Crippen molar-refractivity contribution in [2.45, 2.75) is 12.8 Å². The molecule has 27 heavy (non-hydrogen) atoms. The second-order valence-corrected chi connectivity index (χ2v) is 6.67. The van der Waals surface area contributed by atoms with E-state index in [0.29, 0.717) is 16.3 Å². The van der Waals surface area contributed by atoms with Gasteiger partial charge < -0.3 is 15.3 Å². The van der Waals surface area contributed by atoms with Gasteiger partial charge in [-0.3, -0.25) is 4.79 Å². The van der Waals surface area contributed by atoms with Crippen LogP contribution in [0, 0.1) is 17.2 Å². The van der Waals surface area contributed by atoms with Crippen LogP contribution >= 0.6 is 11.6 Å². The zero-order valence-corrected chi connectivity index (χ0v) is 15.8. The smallest absolute Gasteiger partial charge is 0.321 e. The van der Waals surface area contributed by atoms with Crippen molar-refractivity contribution in [1.29, 1.82) is 5.26 Å². The van der Waals surface area contributed by atoms with Crippen LogP contribution in [0.2, 0.25) is 5.02 Å². The first-order valence-corrected chi connectivity index (χ1v) is 8.70. The van der Waals surface area contributed by atoms with Crippen LogP contribution in [0.4, 0.5) is 10.5 Å². The van der Waals surface area contributed by atoms with Crippen LogP contribution in [-0.2, 0) is 4.79 Å². The molecule has 2 atom stereocenters. The summed E-state index contributed by atoms with van der Waals surface area (Å²) in [6.07, 6.45) is 0. The van der Waals surface area contributed by atoms with Gasteiger partial charge in [0.15, 0.2) is 0 Å². The first-order valence-electron chi connectivity index (χ1n) is 8.32. The maximum absolute atomic E-state index is 12.2. The van der Waals surface area contributed by atoms with Crippen molar-refractivity contribution in [3.8, 4) is 6.07 Å². The number of nitrogens with zero attached hydrogens (tertiary/aromatic N) is 2. The van der Waals surface area contributed by atoms with E-state index < -0.39 is 23.8 Å². The zero-order valence-electron chi connectivity index (χ0n) is 15.0. The molecular weight excluding hydrogens is 366 g/mol. The van der Waals surface area contributed by atoms with E-state index in [4.69, 9.17) is 16.7 Å². The van der Waals surface area contributed by atoms with Crippen LogP contribution in [0.15, 0.2) is 48.5 Å². The molecule has 6 nitrogen and oxygen atoms in total. The van der Waals surface area contributed by atoms with Crippen molar-refractivity contribution in [2.75, 3.05) is 18.9 Å². The van der Waals surface area contributed by atoms with Crippen molar-refractivity contribution in [3.05, 3.63) is 64.7 Å². The molecule has 2 unspecified atom stereocenters. The highest BCUT2D eigenvalue weighted by atomic mass is 35.5. The number of amides is 2. The van der Waals surface area contributed by atoms with E-state index in [9.17, 15) is 14.9 Å². The zero-order chi connectivity index (χ0) is 20.0. The van der Waals surface area contributed by atoms with Gasteiger partial charge in [-0.1, -0.05) is 54.9 Å². The third-order valence-corrected chi connectivity index (χ3v) is 4.47. The lowest BCUT2D eigenvalue weighted by Gasteiger charge is -2.20. The Labute approximate surface area is 163 Å². The predicted molar refractivity (Wildman–Crippen MR) is 104 cm³/mol. The van der Waals surface area contributed by atoms with Crippen LogP contribution in [-0.4, -0.2) is 35.6 Å². The van der Waals surface area contributed by atoms with Crippen molar-refractivity contribution in [2.24, 2.45) is 5.92 Å². The van der Waals surface area contributed by atoms with E-state index in [1.807, 2.05) is 30.3 Å². The second-order valence-electron chi connectivity index (χ2n) is 6.26. The topological polar surface area (TPSA) is 93.4 Å². The molecule has 0 bridgehead atoms. The molecule has 0 saturated carbocycles. The molecule has 0 aromatic heterocycles. The van der Waals surface area contributed by atoms with Gasteiger partial charge in [-0.05, 0) is 23.3 Å². The number of aliphatic carboxylic acids is 1. The van der Waals surface area contributed by atoms with Crippen molar-refractivity contribution < 1.29 is 14.7 Å². The summed E-state index contributed by atoms with van der Waals surface area (Å²) < 4.78 is 0. The molecule has 7 heteroatoms. The molecule has 0 radical (unpaired) electrons. The fraction of sp³-hybridized carbons (Fsp3) is 0.250. The standard InChI is InChI=1S/C20H20ClN3O3/c1-13(19(25)26)12-24(2)20(27)23-15-8-9-16(18(21)10-15)17(11-22)14-6-4-3-5-7-14/h3-10,13,17H,12H2,1-2H3,(H,23,27)(H,25,26). The van der Waals surface area contributed by atoms with Crippen molar-refractivity contribution >= 4 is 29.3 Å². The van der Waals surface area contributed by atoms with Crippen LogP contribution in [0.1, 0.15) is 24.0 Å². The fourth-order valence-corrected chi connectivity index (χ4v) is 2.89. The van der Waals surface area contributed by atoms with E-state index in [1.54, 1.807) is 18.2 Å². The van der Waals surface area contributed by atoms with Crippen LogP contribution < -0.4 is 5.32 Å². The molecule has 0 aliphatic heterocycles. The Hall–Kier alpha value is -3.04. The molecule has 0 heterocycles. The molecule has 2 amide bonds.